The summed E-state index contributed by atoms with van der Waals surface area (Å²) in [4.78, 5) is 21.8. The number of hydrogen-bond donors (Lipinski definition) is 2. The van der Waals surface area contributed by atoms with Crippen LogP contribution < -0.4 is 5.73 Å². The predicted octanol–water partition coefficient (Wildman–Crippen LogP) is 1.33. The van der Waals surface area contributed by atoms with E-state index in [2.05, 4.69) is 0 Å². The Morgan fingerprint density at radius 3 is 2.61 bits per heavy atom. The van der Waals surface area contributed by atoms with E-state index >= 15 is 0 Å². The largest absolute Gasteiger partial charge is 0.478 e. The number of aromatic nitrogens is 1. The molecule has 1 aromatic heterocycles. The lowest BCUT2D eigenvalue weighted by Gasteiger charge is -2.04. The van der Waals surface area contributed by atoms with Gasteiger partial charge in [-0.15, -0.1) is 0 Å². The summed E-state index contributed by atoms with van der Waals surface area (Å²) in [6, 6.07) is 8.47. The average Bonchev–Trinajstić information content (AvgIpc) is 2.78. The van der Waals surface area contributed by atoms with E-state index in [-0.39, 0.29) is 5.56 Å². The number of carboxylic acid groups (broad SMARTS) is 1. The van der Waals surface area contributed by atoms with Gasteiger partial charge < -0.3 is 15.4 Å². The molecule has 0 atom stereocenters. The summed E-state index contributed by atoms with van der Waals surface area (Å²) < 4.78 is 1.74. The molecule has 1 amide bonds. The van der Waals surface area contributed by atoms with Crippen molar-refractivity contribution in [2.75, 3.05) is 0 Å². The molecule has 5 heteroatoms. The van der Waals surface area contributed by atoms with Crippen molar-refractivity contribution in [2.45, 2.75) is 6.54 Å². The van der Waals surface area contributed by atoms with Crippen LogP contribution in [0.15, 0.2) is 42.7 Å². The molecule has 2 rings (SSSR count). The minimum Gasteiger partial charge on any atom is -0.478 e. The van der Waals surface area contributed by atoms with Gasteiger partial charge in [0.25, 0.3) is 0 Å². The predicted molar refractivity (Wildman–Crippen MR) is 65.5 cm³/mol. The molecule has 2 aromatic rings. The highest BCUT2D eigenvalue weighted by Gasteiger charge is 2.05. The molecule has 0 saturated heterocycles. The molecule has 0 radical (unpaired) electrons. The van der Waals surface area contributed by atoms with Crippen molar-refractivity contribution in [3.63, 3.8) is 0 Å². The Morgan fingerprint density at radius 2 is 2.00 bits per heavy atom. The first-order chi connectivity index (χ1) is 8.56. The zero-order valence-corrected chi connectivity index (χ0v) is 9.54. The Balaban J connectivity index is 2.20. The van der Waals surface area contributed by atoms with E-state index in [1.165, 1.54) is 6.07 Å². The molecule has 5 nitrogen and oxygen atoms in total. The third kappa shape index (κ3) is 2.57. The summed E-state index contributed by atoms with van der Waals surface area (Å²) in [7, 11) is 0. The van der Waals surface area contributed by atoms with Crippen LogP contribution in [0.1, 0.15) is 26.3 Å². The minimum atomic E-state index is -0.959. The summed E-state index contributed by atoms with van der Waals surface area (Å²) >= 11 is 0. The Morgan fingerprint density at radius 1 is 1.22 bits per heavy atom. The van der Waals surface area contributed by atoms with Crippen LogP contribution in [0.5, 0.6) is 0 Å². The molecule has 0 spiro atoms. The van der Waals surface area contributed by atoms with Crippen LogP contribution in [-0.4, -0.2) is 21.6 Å². The molecule has 0 aliphatic carbocycles. The summed E-state index contributed by atoms with van der Waals surface area (Å²) in [5, 5.41) is 8.81. The molecule has 92 valence electrons. The van der Waals surface area contributed by atoms with Crippen LogP contribution >= 0.6 is 0 Å². The average molecular weight is 244 g/mol. The van der Waals surface area contributed by atoms with Gasteiger partial charge in [0.05, 0.1) is 5.56 Å². The van der Waals surface area contributed by atoms with Gasteiger partial charge in [0, 0.05) is 24.5 Å². The SMILES string of the molecule is NC(=O)c1cccc(Cn2ccc(C(=O)O)c2)c1. The number of rotatable bonds is 4. The lowest BCUT2D eigenvalue weighted by molar-refractivity contribution is 0.0696. The van der Waals surface area contributed by atoms with Crippen LogP contribution in [0.4, 0.5) is 0 Å². The number of hydrogen-bond acceptors (Lipinski definition) is 2. The maximum absolute atomic E-state index is 11.0. The quantitative estimate of drug-likeness (QED) is 0.850. The standard InChI is InChI=1S/C13H12N2O3/c14-12(16)10-3-1-2-9(6-10)7-15-5-4-11(8-15)13(17)18/h1-6,8H,7H2,(H2,14,16)(H,17,18). The van der Waals surface area contributed by atoms with Crippen molar-refractivity contribution in [3.8, 4) is 0 Å². The van der Waals surface area contributed by atoms with E-state index in [9.17, 15) is 9.59 Å². The molecular formula is C13H12N2O3. The first-order valence-corrected chi connectivity index (χ1v) is 5.34. The van der Waals surface area contributed by atoms with Gasteiger partial charge in [0.2, 0.25) is 5.91 Å². The van der Waals surface area contributed by atoms with Crippen molar-refractivity contribution in [3.05, 3.63) is 59.4 Å². The summed E-state index contributed by atoms with van der Waals surface area (Å²) in [6.45, 7) is 0.494. The molecule has 1 aromatic carbocycles. The van der Waals surface area contributed by atoms with E-state index < -0.39 is 11.9 Å². The van der Waals surface area contributed by atoms with Gasteiger partial charge in [-0.3, -0.25) is 4.79 Å². The number of carbonyl (C=O) groups is 2. The van der Waals surface area contributed by atoms with Crippen molar-refractivity contribution in [1.29, 1.82) is 0 Å². The van der Waals surface area contributed by atoms with Gasteiger partial charge in [-0.05, 0) is 23.8 Å². The van der Waals surface area contributed by atoms with Crippen LogP contribution in [0.2, 0.25) is 0 Å². The molecular weight excluding hydrogens is 232 g/mol. The maximum Gasteiger partial charge on any atom is 0.337 e. The molecule has 3 N–H and O–H groups in total. The summed E-state index contributed by atoms with van der Waals surface area (Å²) in [5.41, 5.74) is 6.76. The fraction of sp³-hybridized carbons (Fsp3) is 0.0769. The highest BCUT2D eigenvalue weighted by atomic mass is 16.4. The molecule has 0 bridgehead atoms. The number of carbonyl (C=O) groups excluding carboxylic acids is 1. The van der Waals surface area contributed by atoms with E-state index in [0.29, 0.717) is 12.1 Å². The normalized spacial score (nSPS) is 10.2. The van der Waals surface area contributed by atoms with E-state index in [0.717, 1.165) is 5.56 Å². The van der Waals surface area contributed by atoms with Crippen LogP contribution in [-0.2, 0) is 6.54 Å². The number of amides is 1. The molecule has 18 heavy (non-hydrogen) atoms. The molecule has 1 heterocycles. The van der Waals surface area contributed by atoms with Gasteiger partial charge in [-0.2, -0.15) is 0 Å². The first-order valence-electron chi connectivity index (χ1n) is 5.34. The molecule has 0 fully saturated rings. The number of primary amides is 1. The second kappa shape index (κ2) is 4.75. The fourth-order valence-corrected chi connectivity index (χ4v) is 1.70. The zero-order valence-electron chi connectivity index (χ0n) is 9.54. The topological polar surface area (TPSA) is 85.3 Å². The Hall–Kier alpha value is -2.56. The number of benzene rings is 1. The highest BCUT2D eigenvalue weighted by Crippen LogP contribution is 2.09. The second-order valence-electron chi connectivity index (χ2n) is 3.94. The third-order valence-electron chi connectivity index (χ3n) is 2.57. The van der Waals surface area contributed by atoms with Crippen LogP contribution in [0.25, 0.3) is 0 Å². The van der Waals surface area contributed by atoms with Gasteiger partial charge in [-0.1, -0.05) is 12.1 Å². The summed E-state index contributed by atoms with van der Waals surface area (Å²) in [5.74, 6) is -1.43. The van der Waals surface area contributed by atoms with E-state index in [4.69, 9.17) is 10.8 Å². The van der Waals surface area contributed by atoms with Crippen molar-refractivity contribution in [2.24, 2.45) is 5.73 Å². The molecule has 0 unspecified atom stereocenters. The lowest BCUT2D eigenvalue weighted by Crippen LogP contribution is -2.11. The van der Waals surface area contributed by atoms with E-state index in [1.807, 2.05) is 6.07 Å². The number of carboxylic acids is 1. The van der Waals surface area contributed by atoms with Crippen molar-refractivity contribution in [1.82, 2.24) is 4.57 Å². The Kier molecular flexibility index (Phi) is 3.14. The Labute approximate surface area is 103 Å². The highest BCUT2D eigenvalue weighted by molar-refractivity contribution is 5.92. The van der Waals surface area contributed by atoms with Gasteiger partial charge >= 0.3 is 5.97 Å². The molecule has 0 aliphatic heterocycles. The molecule has 0 aliphatic rings. The smallest absolute Gasteiger partial charge is 0.337 e. The van der Waals surface area contributed by atoms with Crippen LogP contribution in [0.3, 0.4) is 0 Å². The fourth-order valence-electron chi connectivity index (χ4n) is 1.70. The third-order valence-corrected chi connectivity index (χ3v) is 2.57. The maximum atomic E-state index is 11.0. The van der Waals surface area contributed by atoms with E-state index in [1.54, 1.807) is 35.2 Å². The van der Waals surface area contributed by atoms with Gasteiger partial charge in [0.1, 0.15) is 0 Å². The molecule has 0 saturated carbocycles. The number of aromatic carboxylic acids is 1. The Bertz CT molecular complexity index is 602. The minimum absolute atomic E-state index is 0.237. The first kappa shape index (κ1) is 11.9. The van der Waals surface area contributed by atoms with Crippen molar-refractivity contribution < 1.29 is 14.7 Å². The summed E-state index contributed by atoms with van der Waals surface area (Å²) in [6.07, 6.45) is 3.22. The lowest BCUT2D eigenvalue weighted by atomic mass is 10.1. The number of nitrogens with two attached hydrogens (primary N) is 1. The van der Waals surface area contributed by atoms with Gasteiger partial charge in [-0.25, -0.2) is 4.79 Å². The number of nitrogens with zero attached hydrogens (tertiary/aromatic N) is 1. The second-order valence-corrected chi connectivity index (χ2v) is 3.94. The van der Waals surface area contributed by atoms with Crippen LogP contribution in [0, 0.1) is 0 Å². The zero-order chi connectivity index (χ0) is 13.1. The van der Waals surface area contributed by atoms with Gasteiger partial charge in [0.15, 0.2) is 0 Å². The monoisotopic (exact) mass is 244 g/mol. The van der Waals surface area contributed by atoms with Crippen molar-refractivity contribution >= 4 is 11.9 Å².